The summed E-state index contributed by atoms with van der Waals surface area (Å²) in [7, 11) is 0. The molecule has 0 aliphatic carbocycles. The number of likely N-dealkylation sites (N-methyl/N-ethyl adjacent to an activating group) is 1. The molecule has 1 N–H and O–H groups in total. The van der Waals surface area contributed by atoms with Crippen molar-refractivity contribution in [3.63, 3.8) is 0 Å². The van der Waals surface area contributed by atoms with Crippen LogP contribution in [0.5, 0.6) is 0 Å². The van der Waals surface area contributed by atoms with Crippen LogP contribution in [0.2, 0.25) is 0 Å². The second-order valence-electron chi connectivity index (χ2n) is 5.98. The molecule has 2 heteroatoms. The maximum absolute atomic E-state index is 3.55. The van der Waals surface area contributed by atoms with Crippen LogP contribution < -0.4 is 5.32 Å². The molecule has 2 atom stereocenters. The van der Waals surface area contributed by atoms with Crippen LogP contribution in [0.15, 0.2) is 30.3 Å². The maximum Gasteiger partial charge on any atom is 0.0472 e. The molecule has 1 saturated heterocycles. The highest BCUT2D eigenvalue weighted by Gasteiger charge is 2.23. The molecule has 20 heavy (non-hydrogen) atoms. The largest absolute Gasteiger partial charge is 0.315 e. The molecule has 112 valence electrons. The van der Waals surface area contributed by atoms with Crippen LogP contribution in [0.4, 0.5) is 0 Å². The van der Waals surface area contributed by atoms with Crippen LogP contribution in [-0.4, -0.2) is 31.1 Å². The average Bonchev–Trinajstić information content (AvgIpc) is 2.74. The predicted molar refractivity (Wildman–Crippen MR) is 86.9 cm³/mol. The summed E-state index contributed by atoms with van der Waals surface area (Å²) in [6.45, 7) is 9.15. The molecular formula is C18H30N2. The van der Waals surface area contributed by atoms with Crippen LogP contribution >= 0.6 is 0 Å². The summed E-state index contributed by atoms with van der Waals surface area (Å²) in [6.07, 6.45) is 5.48. The highest BCUT2D eigenvalue weighted by molar-refractivity contribution is 5.19. The van der Waals surface area contributed by atoms with Gasteiger partial charge in [-0.1, -0.05) is 50.6 Å². The highest BCUT2D eigenvalue weighted by Crippen LogP contribution is 2.27. The van der Waals surface area contributed by atoms with Crippen molar-refractivity contribution in [1.29, 1.82) is 0 Å². The lowest BCUT2D eigenvalue weighted by Crippen LogP contribution is -2.36. The monoisotopic (exact) mass is 274 g/mol. The van der Waals surface area contributed by atoms with Gasteiger partial charge in [-0.2, -0.15) is 0 Å². The van der Waals surface area contributed by atoms with Gasteiger partial charge >= 0.3 is 0 Å². The van der Waals surface area contributed by atoms with E-state index in [1.807, 2.05) is 0 Å². The van der Waals surface area contributed by atoms with Crippen LogP contribution in [0.1, 0.15) is 51.1 Å². The minimum Gasteiger partial charge on any atom is -0.315 e. The normalized spacial score (nSPS) is 22.4. The van der Waals surface area contributed by atoms with Gasteiger partial charge in [0.25, 0.3) is 0 Å². The summed E-state index contributed by atoms with van der Waals surface area (Å²) < 4.78 is 0. The SMILES string of the molecule is CCNCC(c1ccccc1)N1CCCC(CC)CC1. The zero-order chi connectivity index (χ0) is 14.2. The van der Waals surface area contributed by atoms with E-state index >= 15 is 0 Å². The Hall–Kier alpha value is -0.860. The maximum atomic E-state index is 3.55. The summed E-state index contributed by atoms with van der Waals surface area (Å²) in [5, 5.41) is 3.55. The van der Waals surface area contributed by atoms with Gasteiger partial charge in [-0.05, 0) is 50.4 Å². The number of nitrogens with zero attached hydrogens (tertiary/aromatic N) is 1. The molecule has 1 aromatic rings. The van der Waals surface area contributed by atoms with Gasteiger partial charge in [-0.25, -0.2) is 0 Å². The molecule has 2 nitrogen and oxygen atoms in total. The third-order valence-electron chi connectivity index (χ3n) is 4.67. The second kappa shape index (κ2) is 8.43. The van der Waals surface area contributed by atoms with E-state index in [4.69, 9.17) is 0 Å². The van der Waals surface area contributed by atoms with Gasteiger partial charge < -0.3 is 5.32 Å². The van der Waals surface area contributed by atoms with Crippen molar-refractivity contribution in [3.05, 3.63) is 35.9 Å². The summed E-state index contributed by atoms with van der Waals surface area (Å²) in [5.41, 5.74) is 1.46. The van der Waals surface area contributed by atoms with Gasteiger partial charge in [0.2, 0.25) is 0 Å². The van der Waals surface area contributed by atoms with E-state index in [1.54, 1.807) is 0 Å². The Morgan fingerprint density at radius 1 is 1.15 bits per heavy atom. The molecule has 2 rings (SSSR count). The molecule has 0 amide bonds. The highest BCUT2D eigenvalue weighted by atomic mass is 15.2. The molecule has 1 aliphatic heterocycles. The predicted octanol–water partition coefficient (Wildman–Crippen LogP) is 3.85. The van der Waals surface area contributed by atoms with E-state index in [-0.39, 0.29) is 0 Å². The van der Waals surface area contributed by atoms with E-state index in [0.717, 1.165) is 19.0 Å². The van der Waals surface area contributed by atoms with Gasteiger partial charge in [-0.15, -0.1) is 0 Å². The third-order valence-corrected chi connectivity index (χ3v) is 4.67. The Labute approximate surface area is 124 Å². The Morgan fingerprint density at radius 2 is 1.95 bits per heavy atom. The molecular weight excluding hydrogens is 244 g/mol. The standard InChI is InChI=1S/C18H30N2/c1-3-16-9-8-13-20(14-12-16)18(15-19-4-2)17-10-6-5-7-11-17/h5-7,10-11,16,18-19H,3-4,8-9,12-15H2,1-2H3. The topological polar surface area (TPSA) is 15.3 Å². The first kappa shape index (κ1) is 15.5. The fraction of sp³-hybridized carbons (Fsp3) is 0.667. The lowest BCUT2D eigenvalue weighted by atomic mass is 9.98. The second-order valence-corrected chi connectivity index (χ2v) is 5.98. The molecule has 1 heterocycles. The quantitative estimate of drug-likeness (QED) is 0.847. The first-order chi connectivity index (χ1) is 9.85. The van der Waals surface area contributed by atoms with Gasteiger partial charge in [0, 0.05) is 12.6 Å². The summed E-state index contributed by atoms with van der Waals surface area (Å²) in [4.78, 5) is 2.70. The van der Waals surface area contributed by atoms with Crippen molar-refractivity contribution in [2.75, 3.05) is 26.2 Å². The van der Waals surface area contributed by atoms with Crippen LogP contribution in [-0.2, 0) is 0 Å². The van der Waals surface area contributed by atoms with Gasteiger partial charge in [0.1, 0.15) is 0 Å². The van der Waals surface area contributed by atoms with E-state index < -0.39 is 0 Å². The fourth-order valence-corrected chi connectivity index (χ4v) is 3.32. The van der Waals surface area contributed by atoms with Crippen molar-refractivity contribution >= 4 is 0 Å². The molecule has 1 fully saturated rings. The Balaban J connectivity index is 2.06. The van der Waals surface area contributed by atoms with E-state index in [0.29, 0.717) is 6.04 Å². The summed E-state index contributed by atoms with van der Waals surface area (Å²) >= 11 is 0. The Morgan fingerprint density at radius 3 is 2.65 bits per heavy atom. The van der Waals surface area contributed by atoms with Crippen molar-refractivity contribution < 1.29 is 0 Å². The lowest BCUT2D eigenvalue weighted by molar-refractivity contribution is 0.198. The van der Waals surface area contributed by atoms with Crippen LogP contribution in [0, 0.1) is 5.92 Å². The Kier molecular flexibility index (Phi) is 6.55. The molecule has 1 aliphatic rings. The summed E-state index contributed by atoms with van der Waals surface area (Å²) in [6, 6.07) is 11.5. The van der Waals surface area contributed by atoms with Crippen molar-refractivity contribution in [1.82, 2.24) is 10.2 Å². The van der Waals surface area contributed by atoms with Crippen LogP contribution in [0.25, 0.3) is 0 Å². The molecule has 0 spiro atoms. The Bertz CT molecular complexity index is 363. The van der Waals surface area contributed by atoms with E-state index in [9.17, 15) is 0 Å². The van der Waals surface area contributed by atoms with Crippen LogP contribution in [0.3, 0.4) is 0 Å². The summed E-state index contributed by atoms with van der Waals surface area (Å²) in [5.74, 6) is 0.940. The number of nitrogens with one attached hydrogen (secondary N) is 1. The zero-order valence-electron chi connectivity index (χ0n) is 13.1. The number of hydrogen-bond acceptors (Lipinski definition) is 2. The van der Waals surface area contributed by atoms with E-state index in [2.05, 4.69) is 54.4 Å². The van der Waals surface area contributed by atoms with Gasteiger partial charge in [0.15, 0.2) is 0 Å². The molecule has 0 saturated carbocycles. The number of rotatable bonds is 6. The molecule has 2 unspecified atom stereocenters. The third kappa shape index (κ3) is 4.32. The minimum absolute atomic E-state index is 0.534. The first-order valence-corrected chi connectivity index (χ1v) is 8.34. The minimum atomic E-state index is 0.534. The van der Waals surface area contributed by atoms with Crippen molar-refractivity contribution in [2.24, 2.45) is 5.92 Å². The molecule has 0 radical (unpaired) electrons. The smallest absolute Gasteiger partial charge is 0.0472 e. The average molecular weight is 274 g/mol. The molecule has 1 aromatic carbocycles. The van der Waals surface area contributed by atoms with E-state index in [1.165, 1.54) is 44.3 Å². The molecule has 0 bridgehead atoms. The number of hydrogen-bond donors (Lipinski definition) is 1. The lowest BCUT2D eigenvalue weighted by Gasteiger charge is -2.31. The van der Waals surface area contributed by atoms with Crippen molar-refractivity contribution in [3.8, 4) is 0 Å². The fourth-order valence-electron chi connectivity index (χ4n) is 3.32. The first-order valence-electron chi connectivity index (χ1n) is 8.34. The zero-order valence-corrected chi connectivity index (χ0v) is 13.1. The van der Waals surface area contributed by atoms with Crippen molar-refractivity contribution in [2.45, 2.75) is 45.6 Å². The number of benzene rings is 1. The van der Waals surface area contributed by atoms with Gasteiger partial charge in [-0.3, -0.25) is 4.90 Å². The molecule has 0 aromatic heterocycles. The van der Waals surface area contributed by atoms with Gasteiger partial charge in [0.05, 0.1) is 0 Å². The number of likely N-dealkylation sites (tertiary alicyclic amines) is 1.